The molecule has 0 atom stereocenters. The van der Waals surface area contributed by atoms with Crippen molar-refractivity contribution in [3.63, 3.8) is 0 Å². The molecule has 1 rings (SSSR count). The van der Waals surface area contributed by atoms with Crippen molar-refractivity contribution < 1.29 is 9.47 Å². The van der Waals surface area contributed by atoms with E-state index in [0.717, 1.165) is 0 Å². The van der Waals surface area contributed by atoms with E-state index in [1.165, 1.54) is 6.26 Å². The van der Waals surface area contributed by atoms with Crippen LogP contribution in [0.25, 0.3) is 0 Å². The van der Waals surface area contributed by atoms with E-state index in [0.29, 0.717) is 0 Å². The van der Waals surface area contributed by atoms with E-state index in [2.05, 4.69) is 9.47 Å². The summed E-state index contributed by atoms with van der Waals surface area (Å²) in [5, 5.41) is 0. The Morgan fingerprint density at radius 3 is 2.22 bits per heavy atom. The molecular formula is C4H7N3O2. The number of rotatable bonds is 0. The van der Waals surface area contributed by atoms with E-state index < -0.39 is 0 Å². The van der Waals surface area contributed by atoms with Crippen molar-refractivity contribution in [2.24, 2.45) is 17.2 Å². The number of nitrogens with two attached hydrogens (primary N) is 3. The van der Waals surface area contributed by atoms with Gasteiger partial charge in [0.05, 0.1) is 0 Å². The first-order valence-electron chi connectivity index (χ1n) is 2.25. The lowest BCUT2D eigenvalue weighted by Crippen LogP contribution is -2.20. The van der Waals surface area contributed by atoms with Gasteiger partial charge < -0.3 is 26.7 Å². The van der Waals surface area contributed by atoms with E-state index >= 15 is 0 Å². The molecule has 0 radical (unpaired) electrons. The lowest BCUT2D eigenvalue weighted by Gasteiger charge is -2.12. The number of ether oxygens (including phenoxy) is 2. The minimum atomic E-state index is -0.00463. The van der Waals surface area contributed by atoms with Crippen molar-refractivity contribution in [2.75, 3.05) is 0 Å². The van der Waals surface area contributed by atoms with E-state index in [9.17, 15) is 0 Å². The standard InChI is InChI=1S/C4H7N3O2/c5-2-1-8-3(6)4(7)9-2/h1H,5-7H2. The van der Waals surface area contributed by atoms with Gasteiger partial charge in [0.2, 0.25) is 5.88 Å². The summed E-state index contributed by atoms with van der Waals surface area (Å²) in [5.74, 6) is 0.126. The molecule has 9 heavy (non-hydrogen) atoms. The summed E-state index contributed by atoms with van der Waals surface area (Å²) in [7, 11) is 0. The molecule has 5 heteroatoms. The Hall–Kier alpha value is -1.52. The van der Waals surface area contributed by atoms with Gasteiger partial charge in [0, 0.05) is 0 Å². The summed E-state index contributed by atoms with van der Waals surface area (Å²) in [6.07, 6.45) is 1.17. The highest BCUT2D eigenvalue weighted by Gasteiger charge is 2.07. The summed E-state index contributed by atoms with van der Waals surface area (Å²) in [6.45, 7) is 0. The lowest BCUT2D eigenvalue weighted by molar-refractivity contribution is 0.191. The van der Waals surface area contributed by atoms with Crippen LogP contribution < -0.4 is 17.2 Å². The highest BCUT2D eigenvalue weighted by Crippen LogP contribution is 2.06. The van der Waals surface area contributed by atoms with Gasteiger partial charge in [0.1, 0.15) is 0 Å². The Labute approximate surface area is 51.7 Å². The van der Waals surface area contributed by atoms with Crippen LogP contribution in [0.4, 0.5) is 0 Å². The van der Waals surface area contributed by atoms with Crippen molar-refractivity contribution in [2.45, 2.75) is 0 Å². The highest BCUT2D eigenvalue weighted by molar-refractivity contribution is 5.03. The molecular weight excluding hydrogens is 122 g/mol. The zero-order valence-corrected chi connectivity index (χ0v) is 4.63. The fourth-order valence-corrected chi connectivity index (χ4v) is 0.381. The monoisotopic (exact) mass is 129 g/mol. The predicted octanol–water partition coefficient (Wildman–Crippen LogP) is -1.17. The molecule has 0 amide bonds. The third-order valence-electron chi connectivity index (χ3n) is 0.773. The molecule has 1 heterocycles. The Kier molecular flexibility index (Phi) is 1.11. The van der Waals surface area contributed by atoms with Gasteiger partial charge in [-0.15, -0.1) is 0 Å². The molecule has 0 spiro atoms. The quantitative estimate of drug-likeness (QED) is 0.383. The molecule has 0 bridgehead atoms. The number of hydrogen-bond acceptors (Lipinski definition) is 5. The first-order valence-corrected chi connectivity index (χ1v) is 2.25. The molecule has 0 saturated heterocycles. The van der Waals surface area contributed by atoms with E-state index in [1.54, 1.807) is 0 Å². The van der Waals surface area contributed by atoms with Gasteiger partial charge in [-0.1, -0.05) is 0 Å². The molecule has 0 aliphatic carbocycles. The average molecular weight is 129 g/mol. The normalized spacial score (nSPS) is 18.0. The van der Waals surface area contributed by atoms with Crippen LogP contribution in [0, 0.1) is 0 Å². The molecule has 0 saturated carbocycles. The van der Waals surface area contributed by atoms with Crippen LogP contribution in [0.1, 0.15) is 0 Å². The van der Waals surface area contributed by atoms with Gasteiger partial charge in [-0.25, -0.2) is 0 Å². The van der Waals surface area contributed by atoms with Gasteiger partial charge in [-0.05, 0) is 0 Å². The van der Waals surface area contributed by atoms with Gasteiger partial charge >= 0.3 is 0 Å². The lowest BCUT2D eigenvalue weighted by atomic mass is 10.7. The molecule has 50 valence electrons. The molecule has 0 aromatic rings. The van der Waals surface area contributed by atoms with Crippen LogP contribution in [0.5, 0.6) is 0 Å². The van der Waals surface area contributed by atoms with Crippen molar-refractivity contribution in [3.05, 3.63) is 23.9 Å². The van der Waals surface area contributed by atoms with Crippen LogP contribution in [-0.2, 0) is 9.47 Å². The van der Waals surface area contributed by atoms with E-state index in [1.807, 2.05) is 0 Å². The van der Waals surface area contributed by atoms with E-state index in [4.69, 9.17) is 17.2 Å². The summed E-state index contributed by atoms with van der Waals surface area (Å²) in [5.41, 5.74) is 15.4. The SMILES string of the molecule is NC1=COC(N)=C(N)O1. The molecule has 6 N–H and O–H groups in total. The molecule has 0 fully saturated rings. The van der Waals surface area contributed by atoms with Crippen molar-refractivity contribution >= 4 is 0 Å². The van der Waals surface area contributed by atoms with Crippen LogP contribution in [0.3, 0.4) is 0 Å². The smallest absolute Gasteiger partial charge is 0.253 e. The second kappa shape index (κ2) is 1.77. The molecule has 1 aliphatic rings. The maximum absolute atomic E-state index is 5.16. The Morgan fingerprint density at radius 1 is 1.11 bits per heavy atom. The predicted molar refractivity (Wildman–Crippen MR) is 29.8 cm³/mol. The minimum absolute atomic E-state index is 0.00463. The third-order valence-corrected chi connectivity index (χ3v) is 0.773. The summed E-state index contributed by atoms with van der Waals surface area (Å²) < 4.78 is 9.27. The van der Waals surface area contributed by atoms with Crippen LogP contribution in [-0.4, -0.2) is 0 Å². The van der Waals surface area contributed by atoms with Gasteiger partial charge in [-0.2, -0.15) is 0 Å². The Balaban J connectivity index is 2.70. The largest absolute Gasteiger partial charge is 0.439 e. The molecule has 0 aromatic heterocycles. The van der Waals surface area contributed by atoms with Crippen molar-refractivity contribution in [1.29, 1.82) is 0 Å². The van der Waals surface area contributed by atoms with Crippen molar-refractivity contribution in [1.82, 2.24) is 0 Å². The zero-order chi connectivity index (χ0) is 6.85. The average Bonchev–Trinajstić information content (AvgIpc) is 1.80. The topological polar surface area (TPSA) is 96.5 Å². The van der Waals surface area contributed by atoms with Gasteiger partial charge in [-0.3, -0.25) is 0 Å². The second-order valence-corrected chi connectivity index (χ2v) is 1.47. The van der Waals surface area contributed by atoms with E-state index in [-0.39, 0.29) is 17.6 Å². The highest BCUT2D eigenvalue weighted by atomic mass is 16.6. The van der Waals surface area contributed by atoms with Gasteiger partial charge in [0.15, 0.2) is 6.26 Å². The summed E-state index contributed by atoms with van der Waals surface area (Å²) >= 11 is 0. The van der Waals surface area contributed by atoms with Crippen molar-refractivity contribution in [3.8, 4) is 0 Å². The molecule has 0 aromatic carbocycles. The Bertz CT molecular complexity index is 184. The van der Waals surface area contributed by atoms with Crippen LogP contribution in [0.2, 0.25) is 0 Å². The summed E-state index contributed by atoms with van der Waals surface area (Å²) in [4.78, 5) is 0. The number of hydrogen-bond donors (Lipinski definition) is 3. The maximum Gasteiger partial charge on any atom is 0.253 e. The van der Waals surface area contributed by atoms with Crippen LogP contribution >= 0.6 is 0 Å². The summed E-state index contributed by atoms with van der Waals surface area (Å²) in [6, 6.07) is 0. The first kappa shape index (κ1) is 5.61. The molecule has 0 unspecified atom stereocenters. The minimum Gasteiger partial charge on any atom is -0.439 e. The maximum atomic E-state index is 5.16. The third kappa shape index (κ3) is 0.987. The van der Waals surface area contributed by atoms with Crippen LogP contribution in [0.15, 0.2) is 23.9 Å². The Morgan fingerprint density at radius 2 is 1.78 bits per heavy atom. The second-order valence-electron chi connectivity index (χ2n) is 1.47. The van der Waals surface area contributed by atoms with Gasteiger partial charge in [0.25, 0.3) is 11.8 Å². The zero-order valence-electron chi connectivity index (χ0n) is 4.63. The first-order chi connectivity index (χ1) is 4.20. The fraction of sp³-hybridized carbons (Fsp3) is 0. The molecule has 1 aliphatic heterocycles. The molecule has 5 nitrogen and oxygen atoms in total. The fourth-order valence-electron chi connectivity index (χ4n) is 0.381.